The number of hydrogen-bond acceptors (Lipinski definition) is 2. The van der Waals surface area contributed by atoms with Gasteiger partial charge in [0.1, 0.15) is 12.1 Å². The highest BCUT2D eigenvalue weighted by Crippen LogP contribution is 2.50. The molecule has 1 heterocycles. The first kappa shape index (κ1) is 8.38. The summed E-state index contributed by atoms with van der Waals surface area (Å²) in [5, 5.41) is 0. The van der Waals surface area contributed by atoms with Crippen LogP contribution >= 0.6 is 0 Å². The Morgan fingerprint density at radius 1 is 1.50 bits per heavy atom. The monoisotopic (exact) mass is 177 g/mol. The first-order chi connectivity index (χ1) is 5.55. The van der Waals surface area contributed by atoms with Crippen molar-refractivity contribution in [2.24, 2.45) is 0 Å². The molecule has 4 heteroatoms. The van der Waals surface area contributed by atoms with Crippen molar-refractivity contribution in [2.45, 2.75) is 38.0 Å². The molecule has 0 amide bonds. The van der Waals surface area contributed by atoms with Gasteiger partial charge in [-0.25, -0.2) is 8.78 Å². The van der Waals surface area contributed by atoms with E-state index in [2.05, 4.69) is 0 Å². The SMILES string of the molecule is CC(C)N1CCOC2C1C2(F)F. The van der Waals surface area contributed by atoms with E-state index in [0.29, 0.717) is 13.2 Å². The molecule has 2 nitrogen and oxygen atoms in total. The van der Waals surface area contributed by atoms with E-state index in [-0.39, 0.29) is 6.04 Å². The van der Waals surface area contributed by atoms with Crippen molar-refractivity contribution >= 4 is 0 Å². The van der Waals surface area contributed by atoms with Gasteiger partial charge in [-0.2, -0.15) is 0 Å². The molecule has 0 aromatic carbocycles. The summed E-state index contributed by atoms with van der Waals surface area (Å²) in [6.45, 7) is 4.96. The largest absolute Gasteiger partial charge is 0.369 e. The molecule has 0 radical (unpaired) electrons. The van der Waals surface area contributed by atoms with Crippen LogP contribution in [0, 0.1) is 0 Å². The molecule has 1 aliphatic heterocycles. The molecule has 2 unspecified atom stereocenters. The molecule has 0 aromatic rings. The summed E-state index contributed by atoms with van der Waals surface area (Å²) < 4.78 is 30.8. The van der Waals surface area contributed by atoms with Crippen LogP contribution in [0.25, 0.3) is 0 Å². The van der Waals surface area contributed by atoms with Crippen LogP contribution < -0.4 is 0 Å². The van der Waals surface area contributed by atoms with Gasteiger partial charge in [0.25, 0.3) is 5.92 Å². The normalized spacial score (nSPS) is 39.8. The quantitative estimate of drug-likeness (QED) is 0.595. The lowest BCUT2D eigenvalue weighted by molar-refractivity contribution is 0.00440. The number of halogens is 2. The highest BCUT2D eigenvalue weighted by atomic mass is 19.3. The highest BCUT2D eigenvalue weighted by molar-refractivity contribution is 5.16. The maximum Gasteiger partial charge on any atom is 0.293 e. The standard InChI is InChI=1S/C8H13F2NO/c1-5(2)11-3-4-12-7-6(11)8(7,9)10/h5-7H,3-4H2,1-2H3. The van der Waals surface area contributed by atoms with Crippen molar-refractivity contribution in [3.8, 4) is 0 Å². The fourth-order valence-electron chi connectivity index (χ4n) is 1.88. The van der Waals surface area contributed by atoms with E-state index >= 15 is 0 Å². The lowest BCUT2D eigenvalue weighted by Crippen LogP contribution is -2.41. The van der Waals surface area contributed by atoms with E-state index in [0.717, 1.165) is 0 Å². The van der Waals surface area contributed by atoms with Crippen LogP contribution in [0.15, 0.2) is 0 Å². The van der Waals surface area contributed by atoms with Crippen LogP contribution in [-0.2, 0) is 4.74 Å². The van der Waals surface area contributed by atoms with Crippen LogP contribution in [0.2, 0.25) is 0 Å². The predicted octanol–water partition coefficient (Wildman–Crippen LogP) is 1.11. The molecule has 0 N–H and O–H groups in total. The summed E-state index contributed by atoms with van der Waals surface area (Å²) in [5.74, 6) is -2.60. The molecule has 1 aliphatic carbocycles. The minimum absolute atomic E-state index is 0.190. The van der Waals surface area contributed by atoms with Gasteiger partial charge in [0.2, 0.25) is 0 Å². The summed E-state index contributed by atoms with van der Waals surface area (Å²) in [6, 6.07) is -0.457. The van der Waals surface area contributed by atoms with Crippen LogP contribution in [-0.4, -0.2) is 42.2 Å². The van der Waals surface area contributed by atoms with Crippen molar-refractivity contribution in [1.82, 2.24) is 4.90 Å². The molecule has 2 fully saturated rings. The molecule has 1 saturated carbocycles. The van der Waals surface area contributed by atoms with E-state index < -0.39 is 18.1 Å². The molecular weight excluding hydrogens is 164 g/mol. The smallest absolute Gasteiger partial charge is 0.293 e. The van der Waals surface area contributed by atoms with Gasteiger partial charge in [-0.3, -0.25) is 4.90 Å². The van der Waals surface area contributed by atoms with Gasteiger partial charge in [-0.15, -0.1) is 0 Å². The summed E-state index contributed by atoms with van der Waals surface area (Å²) in [5.41, 5.74) is 0. The third-order valence-electron chi connectivity index (χ3n) is 2.62. The van der Waals surface area contributed by atoms with Gasteiger partial charge in [-0.1, -0.05) is 0 Å². The molecule has 70 valence electrons. The zero-order chi connectivity index (χ0) is 8.93. The average Bonchev–Trinajstić information content (AvgIpc) is 2.55. The molecule has 1 saturated heterocycles. The molecule has 2 rings (SSSR count). The van der Waals surface area contributed by atoms with Crippen LogP contribution in [0.3, 0.4) is 0 Å². The van der Waals surface area contributed by atoms with E-state index in [4.69, 9.17) is 4.74 Å². The van der Waals surface area contributed by atoms with E-state index in [1.807, 2.05) is 18.7 Å². The van der Waals surface area contributed by atoms with Crippen molar-refractivity contribution in [3.63, 3.8) is 0 Å². The average molecular weight is 177 g/mol. The summed E-state index contributed by atoms with van der Waals surface area (Å²) in [4.78, 5) is 1.83. The molecule has 12 heavy (non-hydrogen) atoms. The fraction of sp³-hybridized carbons (Fsp3) is 1.00. The van der Waals surface area contributed by atoms with Crippen LogP contribution in [0.5, 0.6) is 0 Å². The topological polar surface area (TPSA) is 12.5 Å². The Balaban J connectivity index is 2.09. The Kier molecular flexibility index (Phi) is 1.67. The minimum Gasteiger partial charge on any atom is -0.369 e. The third kappa shape index (κ3) is 0.977. The van der Waals surface area contributed by atoms with Crippen molar-refractivity contribution in [3.05, 3.63) is 0 Å². The van der Waals surface area contributed by atoms with Crippen molar-refractivity contribution in [2.75, 3.05) is 13.2 Å². The number of ether oxygens (including phenoxy) is 1. The number of morpholine rings is 1. The summed E-state index contributed by atoms with van der Waals surface area (Å²) in [6.07, 6.45) is -0.825. The fourth-order valence-corrected chi connectivity index (χ4v) is 1.88. The molecule has 2 atom stereocenters. The number of hydrogen-bond donors (Lipinski definition) is 0. The van der Waals surface area contributed by atoms with E-state index in [9.17, 15) is 8.78 Å². The summed E-state index contributed by atoms with van der Waals surface area (Å²) in [7, 11) is 0. The highest BCUT2D eigenvalue weighted by Gasteiger charge is 2.73. The van der Waals surface area contributed by atoms with Gasteiger partial charge < -0.3 is 4.74 Å². The predicted molar refractivity (Wildman–Crippen MR) is 40.3 cm³/mol. The Bertz CT molecular complexity index is 195. The second-order valence-corrected chi connectivity index (χ2v) is 3.74. The van der Waals surface area contributed by atoms with Gasteiger partial charge in [0.15, 0.2) is 0 Å². The Labute approximate surface area is 70.5 Å². The number of nitrogens with zero attached hydrogens (tertiary/aromatic N) is 1. The van der Waals surface area contributed by atoms with Gasteiger partial charge >= 0.3 is 0 Å². The van der Waals surface area contributed by atoms with Gasteiger partial charge in [-0.05, 0) is 13.8 Å². The molecule has 2 aliphatic rings. The minimum atomic E-state index is -2.60. The molecule has 0 aromatic heterocycles. The van der Waals surface area contributed by atoms with Crippen molar-refractivity contribution in [1.29, 1.82) is 0 Å². The lowest BCUT2D eigenvalue weighted by Gasteiger charge is -2.28. The first-order valence-corrected chi connectivity index (χ1v) is 4.30. The van der Waals surface area contributed by atoms with E-state index in [1.54, 1.807) is 0 Å². The Hall–Kier alpha value is -0.220. The zero-order valence-corrected chi connectivity index (χ0v) is 7.26. The van der Waals surface area contributed by atoms with Crippen LogP contribution in [0.4, 0.5) is 8.78 Å². The Morgan fingerprint density at radius 2 is 2.17 bits per heavy atom. The second kappa shape index (κ2) is 2.39. The number of fused-ring (bicyclic) bond motifs is 1. The van der Waals surface area contributed by atoms with Crippen molar-refractivity contribution < 1.29 is 13.5 Å². The number of rotatable bonds is 1. The summed E-state index contributed by atoms with van der Waals surface area (Å²) >= 11 is 0. The van der Waals surface area contributed by atoms with E-state index in [1.165, 1.54) is 0 Å². The Morgan fingerprint density at radius 3 is 2.67 bits per heavy atom. The van der Waals surface area contributed by atoms with Gasteiger partial charge in [0.05, 0.1) is 6.61 Å². The van der Waals surface area contributed by atoms with Crippen LogP contribution in [0.1, 0.15) is 13.8 Å². The zero-order valence-electron chi connectivity index (χ0n) is 7.26. The maximum atomic E-state index is 12.9. The third-order valence-corrected chi connectivity index (χ3v) is 2.62. The van der Waals surface area contributed by atoms with Gasteiger partial charge in [0, 0.05) is 12.6 Å². The second-order valence-electron chi connectivity index (χ2n) is 3.74. The molecular formula is C8H13F2NO. The first-order valence-electron chi connectivity index (χ1n) is 4.30. The maximum absolute atomic E-state index is 12.9. The molecule has 0 bridgehead atoms. The molecule has 0 spiro atoms. The number of alkyl halides is 2. The lowest BCUT2D eigenvalue weighted by atomic mass is 10.3.